The third kappa shape index (κ3) is 3.47. The van der Waals surface area contributed by atoms with Crippen molar-refractivity contribution in [1.82, 2.24) is 4.90 Å². The number of benzene rings is 1. The van der Waals surface area contributed by atoms with E-state index in [0.29, 0.717) is 31.0 Å². The number of hydrogen-bond acceptors (Lipinski definition) is 4. The third-order valence-electron chi connectivity index (χ3n) is 4.28. The van der Waals surface area contributed by atoms with Crippen LogP contribution in [0.4, 0.5) is 0 Å². The third-order valence-corrected chi connectivity index (χ3v) is 5.93. The van der Waals surface area contributed by atoms with Crippen molar-refractivity contribution in [2.24, 2.45) is 5.92 Å². The minimum absolute atomic E-state index is 0.0492. The number of fused-ring (bicyclic) bond motifs is 1. The highest BCUT2D eigenvalue weighted by Crippen LogP contribution is 2.35. The first kappa shape index (κ1) is 17.0. The molecule has 0 spiro atoms. The van der Waals surface area contributed by atoms with E-state index in [2.05, 4.69) is 0 Å². The molecule has 0 N–H and O–H groups in total. The standard InChI is InChI=1S/C18H18ClNO3S/c1-23-18(22)12-8-10-20(11-9-12)16(21)7-6-15-17(19)13-4-2-3-5-14(13)24-15/h2-7,12H,8-11H2,1H3/b7-6+. The molecule has 4 nitrogen and oxygen atoms in total. The zero-order valence-electron chi connectivity index (χ0n) is 13.3. The molecule has 1 fully saturated rings. The Hall–Kier alpha value is -1.85. The van der Waals surface area contributed by atoms with Crippen LogP contribution in [0.3, 0.4) is 0 Å². The van der Waals surface area contributed by atoms with E-state index in [1.165, 1.54) is 7.11 Å². The molecule has 3 rings (SSSR count). The predicted octanol–water partition coefficient (Wildman–Crippen LogP) is 3.98. The van der Waals surface area contributed by atoms with Crippen molar-refractivity contribution >= 4 is 51.0 Å². The number of ether oxygens (including phenoxy) is 1. The second kappa shape index (κ2) is 7.36. The molecule has 126 valence electrons. The molecule has 1 saturated heterocycles. The Morgan fingerprint density at radius 3 is 2.67 bits per heavy atom. The van der Waals surface area contributed by atoms with E-state index in [9.17, 15) is 9.59 Å². The molecule has 0 aliphatic carbocycles. The maximum Gasteiger partial charge on any atom is 0.308 e. The summed E-state index contributed by atoms with van der Waals surface area (Å²) < 4.78 is 5.87. The first-order valence-corrected chi connectivity index (χ1v) is 9.01. The van der Waals surface area contributed by atoms with Gasteiger partial charge in [0.05, 0.1) is 18.1 Å². The summed E-state index contributed by atoms with van der Waals surface area (Å²) in [5.74, 6) is -0.332. The second-order valence-electron chi connectivity index (χ2n) is 5.73. The van der Waals surface area contributed by atoms with Crippen LogP contribution in [0.2, 0.25) is 5.02 Å². The van der Waals surface area contributed by atoms with E-state index in [0.717, 1.165) is 15.0 Å². The SMILES string of the molecule is COC(=O)C1CCN(C(=O)/C=C/c2sc3ccccc3c2Cl)CC1. The van der Waals surface area contributed by atoms with Crippen molar-refractivity contribution in [3.05, 3.63) is 40.2 Å². The molecule has 1 aromatic heterocycles. The van der Waals surface area contributed by atoms with Gasteiger partial charge >= 0.3 is 5.97 Å². The Kier molecular flexibility index (Phi) is 5.21. The maximum atomic E-state index is 12.3. The molecule has 1 amide bonds. The number of nitrogens with zero attached hydrogens (tertiary/aromatic N) is 1. The Morgan fingerprint density at radius 1 is 1.29 bits per heavy atom. The van der Waals surface area contributed by atoms with Gasteiger partial charge in [-0.05, 0) is 25.0 Å². The van der Waals surface area contributed by atoms with Crippen molar-refractivity contribution in [2.75, 3.05) is 20.2 Å². The lowest BCUT2D eigenvalue weighted by atomic mass is 9.97. The highest BCUT2D eigenvalue weighted by molar-refractivity contribution is 7.20. The van der Waals surface area contributed by atoms with Gasteiger partial charge in [0.15, 0.2) is 0 Å². The fourth-order valence-corrected chi connectivity index (χ4v) is 4.29. The number of amides is 1. The van der Waals surface area contributed by atoms with Gasteiger partial charge in [0, 0.05) is 34.1 Å². The van der Waals surface area contributed by atoms with Gasteiger partial charge in [-0.15, -0.1) is 11.3 Å². The zero-order chi connectivity index (χ0) is 17.1. The summed E-state index contributed by atoms with van der Waals surface area (Å²) in [6, 6.07) is 7.91. The predicted molar refractivity (Wildman–Crippen MR) is 97.2 cm³/mol. The van der Waals surface area contributed by atoms with E-state index in [-0.39, 0.29) is 17.8 Å². The molecule has 0 unspecified atom stereocenters. The molecular formula is C18H18ClNO3S. The van der Waals surface area contributed by atoms with E-state index in [1.54, 1.807) is 28.4 Å². The highest BCUT2D eigenvalue weighted by atomic mass is 35.5. The van der Waals surface area contributed by atoms with Crippen LogP contribution in [0.15, 0.2) is 30.3 Å². The Balaban J connectivity index is 1.65. The zero-order valence-corrected chi connectivity index (χ0v) is 14.9. The van der Waals surface area contributed by atoms with Crippen LogP contribution in [-0.4, -0.2) is 37.0 Å². The van der Waals surface area contributed by atoms with Crippen molar-refractivity contribution in [2.45, 2.75) is 12.8 Å². The normalized spacial score (nSPS) is 16.0. The molecule has 1 aliphatic rings. The van der Waals surface area contributed by atoms with E-state index in [4.69, 9.17) is 16.3 Å². The topological polar surface area (TPSA) is 46.6 Å². The lowest BCUT2D eigenvalue weighted by Crippen LogP contribution is -2.39. The van der Waals surface area contributed by atoms with Crippen LogP contribution in [-0.2, 0) is 14.3 Å². The summed E-state index contributed by atoms with van der Waals surface area (Å²) in [7, 11) is 1.40. The minimum Gasteiger partial charge on any atom is -0.469 e. The number of piperidine rings is 1. The molecule has 0 radical (unpaired) electrons. The number of likely N-dealkylation sites (tertiary alicyclic amines) is 1. The maximum absolute atomic E-state index is 12.3. The fourth-order valence-electron chi connectivity index (χ4n) is 2.89. The number of esters is 1. The van der Waals surface area contributed by atoms with Crippen molar-refractivity contribution in [3.63, 3.8) is 0 Å². The van der Waals surface area contributed by atoms with Crippen LogP contribution in [0.25, 0.3) is 16.2 Å². The van der Waals surface area contributed by atoms with Gasteiger partial charge in [-0.3, -0.25) is 9.59 Å². The van der Waals surface area contributed by atoms with Gasteiger partial charge in [0.1, 0.15) is 0 Å². The summed E-state index contributed by atoms with van der Waals surface area (Å²) in [6.07, 6.45) is 4.64. The van der Waals surface area contributed by atoms with Gasteiger partial charge in [-0.2, -0.15) is 0 Å². The average Bonchev–Trinajstić information content (AvgIpc) is 2.95. The van der Waals surface area contributed by atoms with Gasteiger partial charge in [0.2, 0.25) is 5.91 Å². The molecule has 0 saturated carbocycles. The van der Waals surface area contributed by atoms with Crippen LogP contribution in [0.5, 0.6) is 0 Å². The average molecular weight is 364 g/mol. The molecule has 0 bridgehead atoms. The molecule has 0 atom stereocenters. The lowest BCUT2D eigenvalue weighted by Gasteiger charge is -2.29. The lowest BCUT2D eigenvalue weighted by molar-refractivity contribution is -0.148. The van der Waals surface area contributed by atoms with Gasteiger partial charge in [0.25, 0.3) is 0 Å². The summed E-state index contributed by atoms with van der Waals surface area (Å²) in [5.41, 5.74) is 0. The molecule has 1 aromatic carbocycles. The number of carbonyl (C=O) groups excluding carboxylic acids is 2. The summed E-state index contributed by atoms with van der Waals surface area (Å²) >= 11 is 7.95. The molecule has 2 heterocycles. The van der Waals surface area contributed by atoms with Crippen LogP contribution in [0.1, 0.15) is 17.7 Å². The van der Waals surface area contributed by atoms with Crippen LogP contribution in [0, 0.1) is 5.92 Å². The Labute approximate surface area is 149 Å². The first-order chi connectivity index (χ1) is 11.6. The quantitative estimate of drug-likeness (QED) is 0.612. The van der Waals surface area contributed by atoms with Gasteiger partial charge < -0.3 is 9.64 Å². The van der Waals surface area contributed by atoms with Crippen molar-refractivity contribution in [3.8, 4) is 0 Å². The molecule has 6 heteroatoms. The first-order valence-electron chi connectivity index (χ1n) is 7.82. The summed E-state index contributed by atoms with van der Waals surface area (Å²) in [6.45, 7) is 1.15. The minimum atomic E-state index is -0.185. The Morgan fingerprint density at radius 2 is 2.00 bits per heavy atom. The number of rotatable bonds is 3. The van der Waals surface area contributed by atoms with Crippen molar-refractivity contribution in [1.29, 1.82) is 0 Å². The smallest absolute Gasteiger partial charge is 0.308 e. The number of hydrogen-bond donors (Lipinski definition) is 0. The van der Waals surface area contributed by atoms with Gasteiger partial charge in [-0.25, -0.2) is 0 Å². The van der Waals surface area contributed by atoms with Crippen molar-refractivity contribution < 1.29 is 14.3 Å². The van der Waals surface area contributed by atoms with E-state index < -0.39 is 0 Å². The second-order valence-corrected chi connectivity index (χ2v) is 7.19. The summed E-state index contributed by atoms with van der Waals surface area (Å²) in [5, 5.41) is 1.69. The highest BCUT2D eigenvalue weighted by Gasteiger charge is 2.27. The van der Waals surface area contributed by atoms with Gasteiger partial charge in [-0.1, -0.05) is 29.8 Å². The van der Waals surface area contributed by atoms with E-state index in [1.807, 2.05) is 24.3 Å². The van der Waals surface area contributed by atoms with E-state index >= 15 is 0 Å². The number of carbonyl (C=O) groups is 2. The number of methoxy groups -OCH3 is 1. The number of halogens is 1. The fraction of sp³-hybridized carbons (Fsp3) is 0.333. The largest absolute Gasteiger partial charge is 0.469 e. The molecule has 2 aromatic rings. The van der Waals surface area contributed by atoms with Crippen LogP contribution >= 0.6 is 22.9 Å². The molecule has 24 heavy (non-hydrogen) atoms. The number of thiophene rings is 1. The summed E-state index contributed by atoms with van der Waals surface area (Å²) in [4.78, 5) is 26.5. The Bertz CT molecular complexity index is 791. The molecule has 1 aliphatic heterocycles. The molecular weight excluding hydrogens is 346 g/mol. The monoisotopic (exact) mass is 363 g/mol. The van der Waals surface area contributed by atoms with Crippen LogP contribution < -0.4 is 0 Å².